The highest BCUT2D eigenvalue weighted by Crippen LogP contribution is 2.33. The van der Waals surface area contributed by atoms with Gasteiger partial charge in [0.2, 0.25) is 0 Å². The van der Waals surface area contributed by atoms with Crippen LogP contribution in [-0.4, -0.2) is 33.9 Å². The molecule has 26 heavy (non-hydrogen) atoms. The minimum Gasteiger partial charge on any atom is -0.480 e. The van der Waals surface area contributed by atoms with E-state index < -0.39 is 23.1 Å². The molecule has 0 spiro atoms. The minimum absolute atomic E-state index is 0.00793. The summed E-state index contributed by atoms with van der Waals surface area (Å²) < 4.78 is 28.3. The van der Waals surface area contributed by atoms with Crippen molar-refractivity contribution in [1.82, 2.24) is 0 Å². The Hall–Kier alpha value is -2.67. The van der Waals surface area contributed by atoms with Crippen LogP contribution in [0, 0.1) is 11.6 Å². The first-order valence-corrected chi connectivity index (χ1v) is 8.30. The van der Waals surface area contributed by atoms with Crippen LogP contribution in [0.1, 0.15) is 25.0 Å². The van der Waals surface area contributed by atoms with Gasteiger partial charge in [-0.15, -0.1) is 0 Å². The number of nitrogens with zero attached hydrogens (tertiary/aromatic N) is 2. The molecule has 2 aromatic carbocycles. The lowest BCUT2D eigenvalue weighted by Gasteiger charge is -2.37. The smallest absolute Gasteiger partial charge is 0.329 e. The predicted molar refractivity (Wildman–Crippen MR) is 100 cm³/mol. The summed E-state index contributed by atoms with van der Waals surface area (Å²) >= 11 is 5.39. The zero-order valence-electron chi connectivity index (χ0n) is 14.2. The number of carboxylic acid groups (broad SMARTS) is 1. The quantitative estimate of drug-likeness (QED) is 0.830. The molecule has 4 nitrogen and oxygen atoms in total. The number of hydrogen-bond donors (Lipinski definition) is 1. The molecule has 1 heterocycles. The first-order chi connectivity index (χ1) is 12.2. The van der Waals surface area contributed by atoms with Crippen LogP contribution < -0.4 is 4.90 Å². The van der Waals surface area contributed by atoms with Crippen LogP contribution in [-0.2, 0) is 4.79 Å². The summed E-state index contributed by atoms with van der Waals surface area (Å²) in [5.74, 6) is -2.13. The van der Waals surface area contributed by atoms with E-state index in [0.717, 1.165) is 0 Å². The molecule has 3 rings (SSSR count). The van der Waals surface area contributed by atoms with Gasteiger partial charge in [-0.2, -0.15) is 0 Å². The number of carboxylic acids is 1. The van der Waals surface area contributed by atoms with Crippen LogP contribution >= 0.6 is 12.2 Å². The number of thiocarbonyl (C=S) groups is 1. The van der Waals surface area contributed by atoms with E-state index in [9.17, 15) is 18.7 Å². The van der Waals surface area contributed by atoms with Gasteiger partial charge >= 0.3 is 5.97 Å². The standard InChI is InChI=1S/C19H16F2N2O2S/c1-19(2,18(24)25)23-15-8-7-11(20)9-13(15)17(22-10-16(23)26)12-5-3-4-6-14(12)21/h3-9H,10H2,1-2H3,(H,24,25). The molecule has 134 valence electrons. The third kappa shape index (κ3) is 2.99. The van der Waals surface area contributed by atoms with Crippen LogP contribution in [0.25, 0.3) is 0 Å². The number of anilines is 1. The summed E-state index contributed by atoms with van der Waals surface area (Å²) in [4.78, 5) is 17.9. The van der Waals surface area contributed by atoms with E-state index in [4.69, 9.17) is 12.2 Å². The Bertz CT molecular complexity index is 941. The van der Waals surface area contributed by atoms with Crippen molar-refractivity contribution < 1.29 is 18.7 Å². The van der Waals surface area contributed by atoms with Gasteiger partial charge in [-0.1, -0.05) is 24.4 Å². The van der Waals surface area contributed by atoms with Crippen LogP contribution in [0.2, 0.25) is 0 Å². The maximum Gasteiger partial charge on any atom is 0.329 e. The van der Waals surface area contributed by atoms with E-state index in [2.05, 4.69) is 4.99 Å². The van der Waals surface area contributed by atoms with Gasteiger partial charge in [0.1, 0.15) is 22.2 Å². The number of halogens is 2. The summed E-state index contributed by atoms with van der Waals surface area (Å²) in [5.41, 5.74) is -0.266. The van der Waals surface area contributed by atoms with Crippen LogP contribution in [0.15, 0.2) is 47.5 Å². The number of benzodiazepines with no additional fused rings is 1. The van der Waals surface area contributed by atoms with Crippen molar-refractivity contribution in [2.75, 3.05) is 11.4 Å². The Kier molecular flexibility index (Phi) is 4.58. The van der Waals surface area contributed by atoms with E-state index >= 15 is 0 Å². The maximum absolute atomic E-state index is 14.3. The van der Waals surface area contributed by atoms with Gasteiger partial charge in [-0.25, -0.2) is 13.6 Å². The molecule has 0 unspecified atom stereocenters. The summed E-state index contributed by atoms with van der Waals surface area (Å²) in [6.45, 7) is 3.00. The molecule has 1 aliphatic rings. The molecule has 0 bridgehead atoms. The third-order valence-corrected chi connectivity index (χ3v) is 4.60. The molecule has 0 aromatic heterocycles. The fourth-order valence-corrected chi connectivity index (χ4v) is 3.31. The lowest BCUT2D eigenvalue weighted by Crippen LogP contribution is -2.53. The van der Waals surface area contributed by atoms with Gasteiger partial charge < -0.3 is 10.0 Å². The molecule has 1 N–H and O–H groups in total. The molecule has 0 amide bonds. The monoisotopic (exact) mass is 374 g/mol. The van der Waals surface area contributed by atoms with Crippen molar-refractivity contribution in [2.24, 2.45) is 4.99 Å². The Morgan fingerprint density at radius 2 is 1.88 bits per heavy atom. The molecule has 1 aliphatic heterocycles. The van der Waals surface area contributed by atoms with Crippen LogP contribution in [0.3, 0.4) is 0 Å². The van der Waals surface area contributed by atoms with E-state index in [1.165, 1.54) is 43.0 Å². The van der Waals surface area contributed by atoms with Gasteiger partial charge in [0.15, 0.2) is 0 Å². The van der Waals surface area contributed by atoms with Crippen molar-refractivity contribution in [2.45, 2.75) is 19.4 Å². The van der Waals surface area contributed by atoms with E-state index in [-0.39, 0.29) is 22.8 Å². The molecule has 0 radical (unpaired) electrons. The van der Waals surface area contributed by atoms with E-state index in [1.807, 2.05) is 0 Å². The van der Waals surface area contributed by atoms with Crippen molar-refractivity contribution in [1.29, 1.82) is 0 Å². The van der Waals surface area contributed by atoms with Gasteiger partial charge in [0, 0.05) is 11.1 Å². The largest absolute Gasteiger partial charge is 0.480 e. The average molecular weight is 374 g/mol. The van der Waals surface area contributed by atoms with Gasteiger partial charge in [-0.3, -0.25) is 4.99 Å². The number of hydrogen-bond acceptors (Lipinski definition) is 3. The second-order valence-electron chi connectivity index (χ2n) is 6.40. The first-order valence-electron chi connectivity index (χ1n) is 7.89. The zero-order valence-corrected chi connectivity index (χ0v) is 15.0. The molecule has 7 heteroatoms. The highest BCUT2D eigenvalue weighted by atomic mass is 32.1. The molecule has 0 saturated carbocycles. The minimum atomic E-state index is -1.39. The third-order valence-electron chi connectivity index (χ3n) is 4.29. The average Bonchev–Trinajstić information content (AvgIpc) is 2.71. The van der Waals surface area contributed by atoms with E-state index in [1.54, 1.807) is 18.2 Å². The summed E-state index contributed by atoms with van der Waals surface area (Å²) in [7, 11) is 0. The maximum atomic E-state index is 14.3. The molecule has 0 saturated heterocycles. The van der Waals surface area contributed by atoms with Crippen molar-refractivity contribution in [3.63, 3.8) is 0 Å². The van der Waals surface area contributed by atoms with E-state index in [0.29, 0.717) is 11.3 Å². The fraction of sp³-hybridized carbons (Fsp3) is 0.211. The molecule has 2 aromatic rings. The van der Waals surface area contributed by atoms with Gasteiger partial charge in [0.25, 0.3) is 0 Å². The van der Waals surface area contributed by atoms with Crippen molar-refractivity contribution >= 4 is 34.6 Å². The Morgan fingerprint density at radius 3 is 2.54 bits per heavy atom. The lowest BCUT2D eigenvalue weighted by atomic mass is 9.96. The molecular formula is C19H16F2N2O2S. The van der Waals surface area contributed by atoms with Gasteiger partial charge in [-0.05, 0) is 44.2 Å². The Morgan fingerprint density at radius 1 is 1.19 bits per heavy atom. The predicted octanol–water partition coefficient (Wildman–Crippen LogP) is 3.81. The number of benzene rings is 2. The Balaban J connectivity index is 2.28. The second kappa shape index (κ2) is 6.57. The highest BCUT2D eigenvalue weighted by Gasteiger charge is 2.40. The Labute approximate surface area is 154 Å². The summed E-state index contributed by atoms with van der Waals surface area (Å²) in [5, 5.41) is 9.64. The molecule has 0 fully saturated rings. The zero-order chi connectivity index (χ0) is 19.1. The highest BCUT2D eigenvalue weighted by molar-refractivity contribution is 7.80. The lowest BCUT2D eigenvalue weighted by molar-refractivity contribution is -0.141. The number of aliphatic carboxylic acids is 1. The molecular weight excluding hydrogens is 358 g/mol. The summed E-state index contributed by atoms with van der Waals surface area (Å²) in [6.07, 6.45) is 0. The SMILES string of the molecule is CC(C)(C(=O)O)N1C(=S)CN=C(c2ccccc2F)c2cc(F)ccc21. The number of fused-ring (bicyclic) bond motifs is 1. The second-order valence-corrected chi connectivity index (χ2v) is 6.87. The molecule has 0 aliphatic carbocycles. The number of carbonyl (C=O) groups is 1. The van der Waals surface area contributed by atoms with Crippen LogP contribution in [0.5, 0.6) is 0 Å². The van der Waals surface area contributed by atoms with Crippen LogP contribution in [0.4, 0.5) is 14.5 Å². The normalized spacial score (nSPS) is 14.5. The number of rotatable bonds is 3. The first kappa shape index (κ1) is 18.1. The summed E-state index contributed by atoms with van der Waals surface area (Å²) in [6, 6.07) is 9.93. The number of aliphatic imine (C=N–C) groups is 1. The fourth-order valence-electron chi connectivity index (χ4n) is 2.92. The van der Waals surface area contributed by atoms with Gasteiger partial charge in [0.05, 0.1) is 17.9 Å². The topological polar surface area (TPSA) is 52.9 Å². The van der Waals surface area contributed by atoms with Crippen molar-refractivity contribution in [3.05, 3.63) is 65.2 Å². The van der Waals surface area contributed by atoms with Crippen molar-refractivity contribution in [3.8, 4) is 0 Å². The molecule has 0 atom stereocenters.